The Morgan fingerprint density at radius 1 is 1.07 bits per heavy atom. The second kappa shape index (κ2) is 7.32. The highest BCUT2D eigenvalue weighted by Gasteiger charge is 2.11. The van der Waals surface area contributed by atoms with Gasteiger partial charge in [-0.1, -0.05) is 0 Å². The Labute approximate surface area is 162 Å². The maximum Gasteiger partial charge on any atom is 0.229 e. The van der Waals surface area contributed by atoms with Crippen LogP contribution in [0.5, 0.6) is 0 Å². The van der Waals surface area contributed by atoms with E-state index >= 15 is 0 Å². The van der Waals surface area contributed by atoms with Gasteiger partial charge >= 0.3 is 0 Å². The van der Waals surface area contributed by atoms with Crippen molar-refractivity contribution in [1.29, 1.82) is 0 Å². The third-order valence-electron chi connectivity index (χ3n) is 4.87. The van der Waals surface area contributed by atoms with Gasteiger partial charge in [-0.05, 0) is 36.4 Å². The van der Waals surface area contributed by atoms with Gasteiger partial charge in [0, 0.05) is 43.8 Å². The van der Waals surface area contributed by atoms with Crippen LogP contribution in [-0.2, 0) is 6.54 Å². The molecular formula is C20H21N7O. The van der Waals surface area contributed by atoms with Gasteiger partial charge in [0.1, 0.15) is 12.3 Å². The largest absolute Gasteiger partial charge is 0.467 e. The summed E-state index contributed by atoms with van der Waals surface area (Å²) in [5.41, 5.74) is 2.96. The molecule has 1 aliphatic rings. The first-order valence-electron chi connectivity index (χ1n) is 9.39. The molecule has 8 nitrogen and oxygen atoms in total. The van der Waals surface area contributed by atoms with Crippen molar-refractivity contribution in [2.24, 2.45) is 0 Å². The molecule has 0 radical (unpaired) electrons. The first-order chi connectivity index (χ1) is 13.8. The van der Waals surface area contributed by atoms with E-state index in [-0.39, 0.29) is 0 Å². The first kappa shape index (κ1) is 16.8. The predicted octanol–water partition coefficient (Wildman–Crippen LogP) is 2.62. The number of piperazine rings is 1. The number of benzene rings is 1. The molecule has 8 heteroatoms. The van der Waals surface area contributed by atoms with Crippen molar-refractivity contribution in [1.82, 2.24) is 25.1 Å². The molecule has 142 valence electrons. The summed E-state index contributed by atoms with van der Waals surface area (Å²) in [6, 6.07) is 12.2. The average molecular weight is 375 g/mol. The van der Waals surface area contributed by atoms with Gasteiger partial charge in [0.2, 0.25) is 5.95 Å². The Morgan fingerprint density at radius 3 is 2.71 bits per heavy atom. The monoisotopic (exact) mass is 375 g/mol. The van der Waals surface area contributed by atoms with Crippen molar-refractivity contribution < 1.29 is 4.42 Å². The molecule has 0 unspecified atom stereocenters. The van der Waals surface area contributed by atoms with Crippen LogP contribution >= 0.6 is 0 Å². The summed E-state index contributed by atoms with van der Waals surface area (Å²) in [6.07, 6.45) is 5.21. The SMILES string of the molecule is c1coc(Cn2ncc3cnc(Nc4ccc(N5CCNCC5)cc4)nc32)c1. The second-order valence-corrected chi connectivity index (χ2v) is 6.76. The number of aromatic nitrogens is 4. The molecule has 2 N–H and O–H groups in total. The summed E-state index contributed by atoms with van der Waals surface area (Å²) in [7, 11) is 0. The molecule has 1 fully saturated rings. The Morgan fingerprint density at radius 2 is 1.93 bits per heavy atom. The number of hydrogen-bond donors (Lipinski definition) is 2. The van der Waals surface area contributed by atoms with Gasteiger partial charge < -0.3 is 20.0 Å². The Kier molecular flexibility index (Phi) is 4.38. The van der Waals surface area contributed by atoms with Crippen molar-refractivity contribution in [3.63, 3.8) is 0 Å². The van der Waals surface area contributed by atoms with Crippen LogP contribution < -0.4 is 15.5 Å². The minimum atomic E-state index is 0.534. The lowest BCUT2D eigenvalue weighted by molar-refractivity contribution is 0.483. The standard InChI is InChI=1S/C20H21N7O/c1-2-18(28-11-1)14-27-19-15(13-23-27)12-22-20(25-19)24-16-3-5-17(6-4-16)26-9-7-21-8-10-26/h1-6,11-13,21H,7-10,14H2,(H,22,24,25). The Hall–Kier alpha value is -3.39. The van der Waals surface area contributed by atoms with E-state index in [0.29, 0.717) is 12.5 Å². The molecule has 3 aromatic heterocycles. The molecule has 1 saturated heterocycles. The quantitative estimate of drug-likeness (QED) is 0.555. The van der Waals surface area contributed by atoms with E-state index in [1.54, 1.807) is 18.7 Å². The lowest BCUT2D eigenvalue weighted by Crippen LogP contribution is -2.43. The lowest BCUT2D eigenvalue weighted by Gasteiger charge is -2.29. The molecule has 0 spiro atoms. The van der Waals surface area contributed by atoms with Crippen LogP contribution in [0.25, 0.3) is 11.0 Å². The smallest absolute Gasteiger partial charge is 0.229 e. The third kappa shape index (κ3) is 3.41. The first-order valence-corrected chi connectivity index (χ1v) is 9.39. The van der Waals surface area contributed by atoms with E-state index in [0.717, 1.165) is 48.7 Å². The molecular weight excluding hydrogens is 354 g/mol. The summed E-state index contributed by atoms with van der Waals surface area (Å²) >= 11 is 0. The van der Waals surface area contributed by atoms with Gasteiger partial charge in [-0.3, -0.25) is 0 Å². The predicted molar refractivity (Wildman–Crippen MR) is 108 cm³/mol. The van der Waals surface area contributed by atoms with Gasteiger partial charge in [-0.15, -0.1) is 0 Å². The highest BCUT2D eigenvalue weighted by atomic mass is 16.3. The third-order valence-corrected chi connectivity index (χ3v) is 4.87. The zero-order valence-corrected chi connectivity index (χ0v) is 15.4. The highest BCUT2D eigenvalue weighted by molar-refractivity contribution is 5.75. The molecule has 28 heavy (non-hydrogen) atoms. The number of hydrogen-bond acceptors (Lipinski definition) is 7. The minimum Gasteiger partial charge on any atom is -0.467 e. The molecule has 4 heterocycles. The van der Waals surface area contributed by atoms with E-state index in [9.17, 15) is 0 Å². The summed E-state index contributed by atoms with van der Waals surface area (Å²) in [5.74, 6) is 1.38. The molecule has 5 rings (SSSR count). The van der Waals surface area contributed by atoms with E-state index < -0.39 is 0 Å². The lowest BCUT2D eigenvalue weighted by atomic mass is 10.2. The van der Waals surface area contributed by atoms with Crippen LogP contribution in [0.4, 0.5) is 17.3 Å². The average Bonchev–Trinajstić information content (AvgIpc) is 3.40. The van der Waals surface area contributed by atoms with Crippen LogP contribution in [-0.4, -0.2) is 45.9 Å². The van der Waals surface area contributed by atoms with Gasteiger partial charge in [-0.25, -0.2) is 9.67 Å². The number of rotatable bonds is 5. The van der Waals surface area contributed by atoms with Crippen LogP contribution in [0.1, 0.15) is 5.76 Å². The molecule has 1 aliphatic heterocycles. The molecule has 0 saturated carbocycles. The van der Waals surface area contributed by atoms with Crippen molar-refractivity contribution in [2.45, 2.75) is 6.54 Å². The van der Waals surface area contributed by atoms with Crippen molar-refractivity contribution in [3.05, 3.63) is 60.8 Å². The van der Waals surface area contributed by atoms with Gasteiger partial charge in [0.05, 0.1) is 17.8 Å². The highest BCUT2D eigenvalue weighted by Crippen LogP contribution is 2.21. The summed E-state index contributed by atoms with van der Waals surface area (Å²) in [4.78, 5) is 11.4. The van der Waals surface area contributed by atoms with E-state index in [1.165, 1.54) is 5.69 Å². The van der Waals surface area contributed by atoms with Crippen molar-refractivity contribution >= 4 is 28.4 Å². The zero-order chi connectivity index (χ0) is 18.8. The Bertz CT molecular complexity index is 1050. The van der Waals surface area contributed by atoms with Crippen LogP contribution in [0, 0.1) is 0 Å². The van der Waals surface area contributed by atoms with Crippen molar-refractivity contribution in [3.8, 4) is 0 Å². The van der Waals surface area contributed by atoms with E-state index in [1.807, 2.05) is 16.8 Å². The van der Waals surface area contributed by atoms with E-state index in [2.05, 4.69) is 54.9 Å². The van der Waals surface area contributed by atoms with Gasteiger partial charge in [0.25, 0.3) is 0 Å². The second-order valence-electron chi connectivity index (χ2n) is 6.76. The maximum atomic E-state index is 5.42. The number of furan rings is 1. The van der Waals surface area contributed by atoms with Crippen LogP contribution in [0.15, 0.2) is 59.5 Å². The van der Waals surface area contributed by atoms with Gasteiger partial charge in [0.15, 0.2) is 5.65 Å². The Balaban J connectivity index is 1.34. The number of nitrogens with zero attached hydrogens (tertiary/aromatic N) is 5. The van der Waals surface area contributed by atoms with Crippen LogP contribution in [0.2, 0.25) is 0 Å². The normalized spacial score (nSPS) is 14.5. The molecule has 4 aromatic rings. The minimum absolute atomic E-state index is 0.534. The molecule has 0 amide bonds. The van der Waals surface area contributed by atoms with E-state index in [4.69, 9.17) is 4.42 Å². The number of nitrogens with one attached hydrogen (secondary N) is 2. The fourth-order valence-corrected chi connectivity index (χ4v) is 3.40. The fourth-order valence-electron chi connectivity index (χ4n) is 3.40. The van der Waals surface area contributed by atoms with Crippen LogP contribution in [0.3, 0.4) is 0 Å². The topological polar surface area (TPSA) is 84.0 Å². The number of anilines is 3. The van der Waals surface area contributed by atoms with Gasteiger partial charge in [-0.2, -0.15) is 10.1 Å². The summed E-state index contributed by atoms with van der Waals surface area (Å²) < 4.78 is 7.23. The molecule has 0 atom stereocenters. The zero-order valence-electron chi connectivity index (χ0n) is 15.4. The fraction of sp³-hybridized carbons (Fsp3) is 0.250. The molecule has 1 aromatic carbocycles. The summed E-state index contributed by atoms with van der Waals surface area (Å²) in [5, 5.41) is 12.0. The molecule has 0 bridgehead atoms. The van der Waals surface area contributed by atoms with Crippen molar-refractivity contribution in [2.75, 3.05) is 36.4 Å². The summed E-state index contributed by atoms with van der Waals surface area (Å²) in [6.45, 7) is 4.66. The molecule has 0 aliphatic carbocycles. The maximum absolute atomic E-state index is 5.42. The number of fused-ring (bicyclic) bond motifs is 1.